The van der Waals surface area contributed by atoms with E-state index in [1.807, 2.05) is 51.9 Å². The van der Waals surface area contributed by atoms with Crippen LogP contribution in [0.15, 0.2) is 48.8 Å². The van der Waals surface area contributed by atoms with E-state index in [-0.39, 0.29) is 30.0 Å². The summed E-state index contributed by atoms with van der Waals surface area (Å²) in [4.78, 5) is 60.5. The topological polar surface area (TPSA) is 146 Å². The van der Waals surface area contributed by atoms with Gasteiger partial charge in [-0.1, -0.05) is 38.1 Å². The first-order valence-electron chi connectivity index (χ1n) is 17.8. The Bertz CT molecular complexity index is 2040. The van der Waals surface area contributed by atoms with Crippen molar-refractivity contribution in [3.63, 3.8) is 0 Å². The van der Waals surface area contributed by atoms with Gasteiger partial charge in [0.15, 0.2) is 0 Å². The molecule has 2 aliphatic rings. The third kappa shape index (κ3) is 7.31. The number of alkyl carbamates (subject to hydrolysis) is 1. The lowest BCUT2D eigenvalue weighted by Crippen LogP contribution is -2.51. The van der Waals surface area contributed by atoms with Gasteiger partial charge in [-0.3, -0.25) is 9.69 Å². The van der Waals surface area contributed by atoms with E-state index < -0.39 is 17.7 Å². The average Bonchev–Trinajstić information content (AvgIpc) is 3.94. The van der Waals surface area contributed by atoms with Crippen molar-refractivity contribution in [2.24, 2.45) is 5.92 Å². The van der Waals surface area contributed by atoms with E-state index in [1.165, 1.54) is 21.4 Å². The standard InChI is InChI=1S/C38H45N7O5S2/c1-21(2)32(43-36(47)49-6)35(46)44-15-7-9-26(44)33-40-20-25(42-33)29-18-31-30(52-29)17-28(51-31)23-13-11-22(12-14-23)24-19-39-34(41-24)27-10-8-16-45(27)37(48)50-38(3,4)5/h11-14,17-21,26-27,32H,7-10,15-16H2,1-6H3,(H,39,41)(H,40,42)(H,43,47)/t26?,27-,32-/m0/s1. The summed E-state index contributed by atoms with van der Waals surface area (Å²) in [5.41, 5.74) is 3.46. The first-order valence-corrected chi connectivity index (χ1v) is 19.4. The Hall–Kier alpha value is -4.69. The summed E-state index contributed by atoms with van der Waals surface area (Å²) in [5.74, 6) is 1.33. The first-order chi connectivity index (χ1) is 24.9. The van der Waals surface area contributed by atoms with Crippen molar-refractivity contribution in [1.29, 1.82) is 0 Å². The van der Waals surface area contributed by atoms with Gasteiger partial charge in [-0.2, -0.15) is 0 Å². The molecule has 0 radical (unpaired) electrons. The van der Waals surface area contributed by atoms with Crippen molar-refractivity contribution in [2.45, 2.75) is 84.0 Å². The number of amides is 3. The zero-order valence-corrected chi connectivity index (χ0v) is 32.0. The molecular formula is C38H45N7O5S2. The van der Waals surface area contributed by atoms with Crippen LogP contribution >= 0.6 is 22.7 Å². The lowest BCUT2D eigenvalue weighted by molar-refractivity contribution is -0.135. The van der Waals surface area contributed by atoms with Crippen LogP contribution in [0.2, 0.25) is 0 Å². The number of imidazole rings is 2. The molecule has 3 N–H and O–H groups in total. The number of nitrogens with zero attached hydrogens (tertiary/aromatic N) is 4. The number of hydrogen-bond acceptors (Lipinski definition) is 9. The fourth-order valence-electron chi connectivity index (χ4n) is 6.99. The van der Waals surface area contributed by atoms with Crippen LogP contribution in [-0.2, 0) is 14.3 Å². The maximum atomic E-state index is 13.5. The Morgan fingerprint density at radius 3 is 2.04 bits per heavy atom. The van der Waals surface area contributed by atoms with E-state index in [0.29, 0.717) is 13.1 Å². The van der Waals surface area contributed by atoms with Crippen molar-refractivity contribution >= 4 is 50.2 Å². The summed E-state index contributed by atoms with van der Waals surface area (Å²) < 4.78 is 12.8. The summed E-state index contributed by atoms with van der Waals surface area (Å²) in [6.45, 7) is 10.7. The van der Waals surface area contributed by atoms with Gasteiger partial charge in [0, 0.05) is 27.4 Å². The summed E-state index contributed by atoms with van der Waals surface area (Å²) >= 11 is 3.47. The molecule has 0 spiro atoms. The lowest BCUT2D eigenvalue weighted by Gasteiger charge is -2.30. The maximum absolute atomic E-state index is 13.5. The Balaban J connectivity index is 1.02. The van der Waals surface area contributed by atoms with Crippen LogP contribution in [-0.4, -0.2) is 79.7 Å². The third-order valence-corrected chi connectivity index (χ3v) is 12.0. The quantitative estimate of drug-likeness (QED) is 0.144. The fraction of sp³-hybridized carbons (Fsp3) is 0.447. The molecule has 1 unspecified atom stereocenters. The number of nitrogens with one attached hydrogen (secondary N) is 3. The van der Waals surface area contributed by atoms with E-state index in [9.17, 15) is 14.4 Å². The molecule has 6 heterocycles. The van der Waals surface area contributed by atoms with Crippen LogP contribution in [0.5, 0.6) is 0 Å². The summed E-state index contributed by atoms with van der Waals surface area (Å²) in [7, 11) is 1.30. The van der Waals surface area contributed by atoms with E-state index in [0.717, 1.165) is 64.7 Å². The molecule has 14 heteroatoms. The molecule has 52 heavy (non-hydrogen) atoms. The van der Waals surface area contributed by atoms with Crippen molar-refractivity contribution < 1.29 is 23.9 Å². The second-order valence-corrected chi connectivity index (χ2v) is 16.9. The molecule has 2 aliphatic heterocycles. The predicted octanol–water partition coefficient (Wildman–Crippen LogP) is 8.53. The van der Waals surface area contributed by atoms with Gasteiger partial charge in [0.1, 0.15) is 23.3 Å². The molecule has 0 saturated carbocycles. The first kappa shape index (κ1) is 35.7. The Kier molecular flexibility index (Phi) is 9.87. The highest BCUT2D eigenvalue weighted by atomic mass is 32.1. The van der Waals surface area contributed by atoms with Crippen LogP contribution < -0.4 is 5.32 Å². The molecular weight excluding hydrogens is 699 g/mol. The molecule has 7 rings (SSSR count). The van der Waals surface area contributed by atoms with Crippen LogP contribution in [0.4, 0.5) is 9.59 Å². The molecule has 1 aromatic carbocycles. The Morgan fingerprint density at radius 1 is 0.846 bits per heavy atom. The number of likely N-dealkylation sites (tertiary alicyclic amines) is 2. The number of methoxy groups -OCH3 is 1. The van der Waals surface area contributed by atoms with Gasteiger partial charge in [0.2, 0.25) is 5.91 Å². The summed E-state index contributed by atoms with van der Waals surface area (Å²) in [6, 6.07) is 11.9. The van der Waals surface area contributed by atoms with E-state index in [2.05, 4.69) is 56.7 Å². The van der Waals surface area contributed by atoms with Crippen molar-refractivity contribution in [2.75, 3.05) is 20.2 Å². The highest BCUT2D eigenvalue weighted by molar-refractivity contribution is 7.31. The van der Waals surface area contributed by atoms with Crippen LogP contribution in [0.3, 0.4) is 0 Å². The number of carbonyl (C=O) groups excluding carboxylic acids is 3. The monoisotopic (exact) mass is 743 g/mol. The Labute approximate surface area is 310 Å². The molecule has 2 saturated heterocycles. The number of thiophene rings is 2. The number of benzene rings is 1. The summed E-state index contributed by atoms with van der Waals surface area (Å²) in [5, 5.41) is 2.71. The number of aromatic nitrogens is 4. The van der Waals surface area contributed by atoms with Gasteiger partial charge in [-0.25, -0.2) is 19.6 Å². The van der Waals surface area contributed by atoms with E-state index >= 15 is 0 Å². The fourth-order valence-corrected chi connectivity index (χ4v) is 9.36. The minimum Gasteiger partial charge on any atom is -0.453 e. The number of H-pyrrole nitrogens is 2. The average molecular weight is 744 g/mol. The molecule has 5 aromatic rings. The molecule has 2 fully saturated rings. The Morgan fingerprint density at radius 2 is 1.40 bits per heavy atom. The maximum Gasteiger partial charge on any atom is 0.410 e. The van der Waals surface area contributed by atoms with Gasteiger partial charge in [-0.15, -0.1) is 22.7 Å². The third-order valence-electron chi connectivity index (χ3n) is 9.58. The number of ether oxygens (including phenoxy) is 2. The van der Waals surface area contributed by atoms with Crippen LogP contribution in [0, 0.1) is 5.92 Å². The van der Waals surface area contributed by atoms with E-state index in [4.69, 9.17) is 14.5 Å². The summed E-state index contributed by atoms with van der Waals surface area (Å²) in [6.07, 6.45) is 6.21. The van der Waals surface area contributed by atoms with Gasteiger partial charge in [0.25, 0.3) is 0 Å². The highest BCUT2D eigenvalue weighted by Crippen LogP contribution is 2.42. The molecule has 274 valence electrons. The molecule has 0 bridgehead atoms. The lowest BCUT2D eigenvalue weighted by atomic mass is 10.0. The minimum atomic E-state index is -0.671. The van der Waals surface area contributed by atoms with Crippen molar-refractivity contribution in [1.82, 2.24) is 35.1 Å². The SMILES string of the molecule is COC(=O)N[C@H](C(=O)N1CCCC1c1ncc(-c2cc3sc(-c4ccc(-c5cnc([C@@H]6CCCN6C(=O)OC(C)(C)C)[nH]5)cc4)cc3s2)[nH]1)C(C)C. The second-order valence-electron chi connectivity index (χ2n) is 14.8. The number of fused-ring (bicyclic) bond motifs is 1. The van der Waals surface area contributed by atoms with Crippen molar-refractivity contribution in [3.8, 4) is 32.3 Å². The largest absolute Gasteiger partial charge is 0.453 e. The van der Waals surface area contributed by atoms with Gasteiger partial charge >= 0.3 is 12.2 Å². The molecule has 3 amide bonds. The zero-order chi connectivity index (χ0) is 36.7. The van der Waals surface area contributed by atoms with Crippen LogP contribution in [0.25, 0.3) is 41.7 Å². The minimum absolute atomic E-state index is 0.0897. The molecule has 3 atom stereocenters. The van der Waals surface area contributed by atoms with Crippen LogP contribution in [0.1, 0.15) is 84.0 Å². The van der Waals surface area contributed by atoms with Crippen molar-refractivity contribution in [3.05, 3.63) is 60.4 Å². The molecule has 4 aromatic heterocycles. The van der Waals surface area contributed by atoms with Gasteiger partial charge in [-0.05, 0) is 75.6 Å². The number of rotatable bonds is 8. The number of carbonyl (C=O) groups is 3. The predicted molar refractivity (Wildman–Crippen MR) is 203 cm³/mol. The normalized spacial score (nSPS) is 18.4. The number of aromatic amines is 2. The van der Waals surface area contributed by atoms with Gasteiger partial charge in [0.05, 0.1) is 47.9 Å². The smallest absolute Gasteiger partial charge is 0.410 e. The number of hydrogen-bond donors (Lipinski definition) is 3. The molecule has 0 aliphatic carbocycles. The van der Waals surface area contributed by atoms with Gasteiger partial charge < -0.3 is 29.7 Å². The zero-order valence-electron chi connectivity index (χ0n) is 30.3. The van der Waals surface area contributed by atoms with E-state index in [1.54, 1.807) is 27.6 Å². The molecule has 12 nitrogen and oxygen atoms in total. The second kappa shape index (κ2) is 14.4. The highest BCUT2D eigenvalue weighted by Gasteiger charge is 2.38.